The smallest absolute Gasteiger partial charge is 0.269 e. The molecule has 0 atom stereocenters. The normalized spacial score (nSPS) is 13.1. The number of aromatic nitrogens is 4. The fourth-order valence-electron chi connectivity index (χ4n) is 3.60. The highest BCUT2D eigenvalue weighted by molar-refractivity contribution is 5.94. The number of nitrogens with zero attached hydrogens (tertiary/aromatic N) is 5. The second-order valence-corrected chi connectivity index (χ2v) is 6.93. The first-order valence-electron chi connectivity index (χ1n) is 9.55. The maximum atomic E-state index is 12.8. The summed E-state index contributed by atoms with van der Waals surface area (Å²) in [6.45, 7) is 1.63. The average molecular weight is 390 g/mol. The number of amides is 2. The molecule has 0 aliphatic carbocycles. The Morgan fingerprint density at radius 2 is 1.97 bits per heavy atom. The molecule has 0 saturated heterocycles. The SMILES string of the molecule is Cn1nc(CCNC(=O)c2ccccn2)c2c1CCN(C(=O)c1ccncc1)C2. The van der Waals surface area contributed by atoms with Gasteiger partial charge in [-0.05, 0) is 24.3 Å². The zero-order chi connectivity index (χ0) is 20.2. The molecule has 0 spiro atoms. The molecule has 0 aromatic carbocycles. The van der Waals surface area contributed by atoms with E-state index in [1.807, 2.05) is 16.6 Å². The number of aryl methyl sites for hydroxylation is 1. The van der Waals surface area contributed by atoms with Crippen molar-refractivity contribution in [3.63, 3.8) is 0 Å². The lowest BCUT2D eigenvalue weighted by Crippen LogP contribution is -2.36. The van der Waals surface area contributed by atoms with Gasteiger partial charge >= 0.3 is 0 Å². The summed E-state index contributed by atoms with van der Waals surface area (Å²) >= 11 is 0. The Hall–Kier alpha value is -3.55. The summed E-state index contributed by atoms with van der Waals surface area (Å²) in [7, 11) is 1.93. The maximum Gasteiger partial charge on any atom is 0.269 e. The van der Waals surface area contributed by atoms with Crippen LogP contribution >= 0.6 is 0 Å². The van der Waals surface area contributed by atoms with Crippen molar-refractivity contribution < 1.29 is 9.59 Å². The highest BCUT2D eigenvalue weighted by atomic mass is 16.2. The van der Waals surface area contributed by atoms with Gasteiger partial charge in [0.05, 0.1) is 5.69 Å². The molecule has 2 amide bonds. The summed E-state index contributed by atoms with van der Waals surface area (Å²) in [6, 6.07) is 8.70. The van der Waals surface area contributed by atoms with Crippen LogP contribution < -0.4 is 5.32 Å². The highest BCUT2D eigenvalue weighted by Crippen LogP contribution is 2.23. The second-order valence-electron chi connectivity index (χ2n) is 6.93. The van der Waals surface area contributed by atoms with Gasteiger partial charge in [-0.15, -0.1) is 0 Å². The van der Waals surface area contributed by atoms with Crippen LogP contribution in [0.2, 0.25) is 0 Å². The van der Waals surface area contributed by atoms with Crippen LogP contribution in [0.3, 0.4) is 0 Å². The number of carbonyl (C=O) groups excluding carboxylic acids is 2. The zero-order valence-electron chi connectivity index (χ0n) is 16.2. The van der Waals surface area contributed by atoms with E-state index < -0.39 is 0 Å². The first kappa shape index (κ1) is 18.8. The van der Waals surface area contributed by atoms with Crippen LogP contribution in [0, 0.1) is 0 Å². The minimum Gasteiger partial charge on any atom is -0.350 e. The van der Waals surface area contributed by atoms with Gasteiger partial charge in [0, 0.05) is 74.9 Å². The van der Waals surface area contributed by atoms with Crippen molar-refractivity contribution in [2.24, 2.45) is 7.05 Å². The average Bonchev–Trinajstić information content (AvgIpc) is 3.09. The first-order valence-corrected chi connectivity index (χ1v) is 9.55. The number of nitrogens with one attached hydrogen (secondary N) is 1. The minimum atomic E-state index is -0.204. The fourth-order valence-corrected chi connectivity index (χ4v) is 3.60. The third-order valence-electron chi connectivity index (χ3n) is 5.08. The van der Waals surface area contributed by atoms with Crippen LogP contribution in [0.25, 0.3) is 0 Å². The van der Waals surface area contributed by atoms with Gasteiger partial charge < -0.3 is 10.2 Å². The molecule has 1 aliphatic rings. The van der Waals surface area contributed by atoms with E-state index in [1.54, 1.807) is 48.9 Å². The summed E-state index contributed by atoms with van der Waals surface area (Å²) in [6.07, 6.45) is 6.21. The number of hydrogen-bond donors (Lipinski definition) is 1. The van der Waals surface area contributed by atoms with Gasteiger partial charge in [-0.25, -0.2) is 0 Å². The topological polar surface area (TPSA) is 93.0 Å². The number of fused-ring (bicyclic) bond motifs is 1. The lowest BCUT2D eigenvalue weighted by molar-refractivity contribution is 0.0733. The highest BCUT2D eigenvalue weighted by Gasteiger charge is 2.27. The molecule has 0 fully saturated rings. The molecule has 0 bridgehead atoms. The molecule has 29 heavy (non-hydrogen) atoms. The molecule has 1 aliphatic heterocycles. The van der Waals surface area contributed by atoms with Crippen molar-refractivity contribution in [1.82, 2.24) is 30.0 Å². The third-order valence-corrected chi connectivity index (χ3v) is 5.08. The molecule has 0 saturated carbocycles. The predicted octanol–water partition coefficient (Wildman–Crippen LogP) is 1.38. The summed E-state index contributed by atoms with van der Waals surface area (Å²) in [5, 5.41) is 7.52. The van der Waals surface area contributed by atoms with Crippen LogP contribution in [0.4, 0.5) is 0 Å². The van der Waals surface area contributed by atoms with E-state index in [4.69, 9.17) is 0 Å². The Labute approximate surface area is 168 Å². The summed E-state index contributed by atoms with van der Waals surface area (Å²) in [4.78, 5) is 34.8. The van der Waals surface area contributed by atoms with Gasteiger partial charge in [-0.3, -0.25) is 24.2 Å². The van der Waals surface area contributed by atoms with Crippen molar-refractivity contribution in [3.05, 3.63) is 77.1 Å². The van der Waals surface area contributed by atoms with E-state index >= 15 is 0 Å². The van der Waals surface area contributed by atoms with Gasteiger partial charge in [-0.2, -0.15) is 5.10 Å². The molecule has 3 aromatic rings. The number of pyridine rings is 2. The second kappa shape index (κ2) is 8.22. The van der Waals surface area contributed by atoms with Crippen molar-refractivity contribution in [2.75, 3.05) is 13.1 Å². The van der Waals surface area contributed by atoms with Crippen LogP contribution in [0.1, 0.15) is 37.8 Å². The quantitative estimate of drug-likeness (QED) is 0.711. The van der Waals surface area contributed by atoms with Crippen LogP contribution in [-0.2, 0) is 26.4 Å². The van der Waals surface area contributed by atoms with Crippen molar-refractivity contribution in [2.45, 2.75) is 19.4 Å². The van der Waals surface area contributed by atoms with Gasteiger partial charge in [0.2, 0.25) is 0 Å². The molecular weight excluding hydrogens is 368 g/mol. The molecule has 8 heteroatoms. The third kappa shape index (κ3) is 4.01. The predicted molar refractivity (Wildman–Crippen MR) is 106 cm³/mol. The summed E-state index contributed by atoms with van der Waals surface area (Å²) < 4.78 is 1.89. The standard InChI is InChI=1S/C21H22N6O2/c1-26-19-8-13-27(21(29)15-5-10-22-11-6-15)14-16(19)17(25-26)7-12-24-20(28)18-4-2-3-9-23-18/h2-6,9-11H,7-8,12-14H2,1H3,(H,24,28). The molecule has 3 aromatic heterocycles. The Balaban J connectivity index is 1.43. The molecule has 148 valence electrons. The maximum absolute atomic E-state index is 12.8. The monoisotopic (exact) mass is 390 g/mol. The van der Waals surface area contributed by atoms with E-state index in [0.717, 1.165) is 23.4 Å². The van der Waals surface area contributed by atoms with Gasteiger partial charge in [-0.1, -0.05) is 6.07 Å². The molecule has 8 nitrogen and oxygen atoms in total. The zero-order valence-corrected chi connectivity index (χ0v) is 16.2. The summed E-state index contributed by atoms with van der Waals surface area (Å²) in [5.41, 5.74) is 4.17. The number of hydrogen-bond acceptors (Lipinski definition) is 5. The number of rotatable bonds is 5. The lowest BCUT2D eigenvalue weighted by atomic mass is 10.0. The van der Waals surface area contributed by atoms with Gasteiger partial charge in [0.15, 0.2) is 0 Å². The Morgan fingerprint density at radius 1 is 1.14 bits per heavy atom. The molecule has 4 heterocycles. The van der Waals surface area contributed by atoms with Gasteiger partial charge in [0.1, 0.15) is 5.69 Å². The van der Waals surface area contributed by atoms with E-state index in [0.29, 0.717) is 37.3 Å². The van der Waals surface area contributed by atoms with Crippen molar-refractivity contribution in [1.29, 1.82) is 0 Å². The minimum absolute atomic E-state index is 0.00342. The fraction of sp³-hybridized carbons (Fsp3) is 0.286. The van der Waals surface area contributed by atoms with Crippen LogP contribution in [0.5, 0.6) is 0 Å². The van der Waals surface area contributed by atoms with Crippen LogP contribution in [0.15, 0.2) is 48.9 Å². The van der Waals surface area contributed by atoms with Gasteiger partial charge in [0.25, 0.3) is 11.8 Å². The molecule has 0 radical (unpaired) electrons. The lowest BCUT2D eigenvalue weighted by Gasteiger charge is -2.27. The van der Waals surface area contributed by atoms with Crippen molar-refractivity contribution >= 4 is 11.8 Å². The Kier molecular flexibility index (Phi) is 5.33. The van der Waals surface area contributed by atoms with Crippen molar-refractivity contribution in [3.8, 4) is 0 Å². The first-order chi connectivity index (χ1) is 14.1. The Bertz CT molecular complexity index is 1020. The largest absolute Gasteiger partial charge is 0.350 e. The van der Waals surface area contributed by atoms with Crippen LogP contribution in [-0.4, -0.2) is 49.6 Å². The number of carbonyl (C=O) groups is 2. The molecule has 0 unspecified atom stereocenters. The molecule has 1 N–H and O–H groups in total. The van der Waals surface area contributed by atoms with E-state index in [2.05, 4.69) is 20.4 Å². The summed E-state index contributed by atoms with van der Waals surface area (Å²) in [5.74, 6) is -0.207. The van der Waals surface area contributed by atoms with E-state index in [9.17, 15) is 9.59 Å². The molecule has 4 rings (SSSR count). The Morgan fingerprint density at radius 3 is 2.72 bits per heavy atom. The molecular formula is C21H22N6O2. The van der Waals surface area contributed by atoms with E-state index in [-0.39, 0.29) is 11.8 Å². The van der Waals surface area contributed by atoms with E-state index in [1.165, 1.54) is 0 Å².